The van der Waals surface area contributed by atoms with Gasteiger partial charge in [0.15, 0.2) is 28.7 Å². The molecule has 0 spiro atoms. The quantitative estimate of drug-likeness (QED) is 0.260. The third-order valence-electron chi connectivity index (χ3n) is 3.09. The first kappa shape index (κ1) is 17.9. The Balaban J connectivity index is 2.01. The average Bonchev–Trinajstić information content (AvgIpc) is 2.53. The van der Waals surface area contributed by atoms with Gasteiger partial charge in [0.2, 0.25) is 0 Å². The van der Waals surface area contributed by atoms with Crippen molar-refractivity contribution in [2.75, 3.05) is 0 Å². The molecule has 6 nitrogen and oxygen atoms in total. The molecule has 0 atom stereocenters. The molecule has 0 aliphatic heterocycles. The van der Waals surface area contributed by atoms with E-state index >= 15 is 0 Å². The molecular weight excluding hydrogens is 398 g/mol. The fourth-order valence-electron chi connectivity index (χ4n) is 1.88. The Labute approximate surface area is 151 Å². The van der Waals surface area contributed by atoms with Crippen LogP contribution in [0.2, 0.25) is 0 Å². The molecule has 0 amide bonds. The second-order valence-electron chi connectivity index (χ2n) is 4.90. The van der Waals surface area contributed by atoms with E-state index in [-0.39, 0.29) is 18.0 Å². The molecule has 0 saturated carbocycles. The Morgan fingerprint density at radius 3 is 2.12 bits per heavy atom. The minimum absolute atomic E-state index is 0.231. The Morgan fingerprint density at radius 2 is 1.54 bits per heavy atom. The smallest absolute Gasteiger partial charge is 0.200 e. The predicted octanol–water partition coefficient (Wildman–Crippen LogP) is 3.11. The van der Waals surface area contributed by atoms with Gasteiger partial charge in [-0.1, -0.05) is 18.3 Å². The van der Waals surface area contributed by atoms with Crippen molar-refractivity contribution in [2.24, 2.45) is 0 Å². The normalized spacial score (nSPS) is 10.9. The van der Waals surface area contributed by atoms with Crippen LogP contribution in [0.25, 0.3) is 6.08 Å². The van der Waals surface area contributed by atoms with E-state index in [1.807, 2.05) is 0 Å². The van der Waals surface area contributed by atoms with Crippen molar-refractivity contribution in [3.63, 3.8) is 0 Å². The zero-order valence-corrected chi connectivity index (χ0v) is 14.6. The van der Waals surface area contributed by atoms with Gasteiger partial charge >= 0.3 is 0 Å². The largest absolute Gasteiger partial charge is 0.504 e. The SMILES string of the molecule is Oc1cc(CNC(=S)C=Cc2cc(O)c(O)c(Br)c2)cc(O)c1O. The highest BCUT2D eigenvalue weighted by molar-refractivity contribution is 9.10. The van der Waals surface area contributed by atoms with Crippen LogP contribution in [0.3, 0.4) is 0 Å². The summed E-state index contributed by atoms with van der Waals surface area (Å²) < 4.78 is 0.357. The standard InChI is InChI=1S/C16H14BrNO5S/c17-10-3-8(4-11(19)15(10)22)1-2-14(24)18-7-9-5-12(20)16(23)13(21)6-9/h1-6,19-23H,7H2,(H,18,24). The Bertz CT molecular complexity index is 776. The van der Waals surface area contributed by atoms with Crippen LogP contribution in [-0.2, 0) is 6.54 Å². The molecule has 2 aromatic rings. The molecule has 126 valence electrons. The van der Waals surface area contributed by atoms with Gasteiger partial charge in [-0.2, -0.15) is 0 Å². The van der Waals surface area contributed by atoms with Crippen molar-refractivity contribution >= 4 is 39.2 Å². The number of rotatable bonds is 4. The van der Waals surface area contributed by atoms with E-state index in [0.717, 1.165) is 0 Å². The van der Waals surface area contributed by atoms with Crippen LogP contribution in [0, 0.1) is 0 Å². The van der Waals surface area contributed by atoms with Crippen molar-refractivity contribution in [2.45, 2.75) is 6.54 Å². The summed E-state index contributed by atoms with van der Waals surface area (Å²) in [5.74, 6) is -1.90. The average molecular weight is 412 g/mol. The Hall–Kier alpha value is -2.45. The van der Waals surface area contributed by atoms with Gasteiger partial charge < -0.3 is 30.8 Å². The summed E-state index contributed by atoms with van der Waals surface area (Å²) in [5, 5.41) is 50.1. The maximum absolute atomic E-state index is 9.54. The van der Waals surface area contributed by atoms with E-state index in [0.29, 0.717) is 20.6 Å². The molecule has 0 aliphatic rings. The van der Waals surface area contributed by atoms with E-state index in [2.05, 4.69) is 21.2 Å². The number of phenolic OH excluding ortho intramolecular Hbond substituents is 5. The Morgan fingerprint density at radius 1 is 0.958 bits per heavy atom. The topological polar surface area (TPSA) is 113 Å². The maximum atomic E-state index is 9.54. The molecule has 24 heavy (non-hydrogen) atoms. The molecule has 8 heteroatoms. The number of phenols is 5. The monoisotopic (exact) mass is 411 g/mol. The lowest BCUT2D eigenvalue weighted by molar-refractivity contribution is 0.367. The second kappa shape index (κ2) is 7.41. The highest BCUT2D eigenvalue weighted by Gasteiger charge is 2.08. The molecule has 0 unspecified atom stereocenters. The predicted molar refractivity (Wildman–Crippen MR) is 97.4 cm³/mol. The first-order valence-corrected chi connectivity index (χ1v) is 7.89. The highest BCUT2D eigenvalue weighted by atomic mass is 79.9. The molecule has 2 aromatic carbocycles. The van der Waals surface area contributed by atoms with Gasteiger partial charge in [0, 0.05) is 6.54 Å². The summed E-state index contributed by atoms with van der Waals surface area (Å²) >= 11 is 8.26. The van der Waals surface area contributed by atoms with Gasteiger partial charge in [-0.3, -0.25) is 0 Å². The maximum Gasteiger partial charge on any atom is 0.200 e. The van der Waals surface area contributed by atoms with Crippen LogP contribution in [0.5, 0.6) is 28.7 Å². The third-order valence-corrected chi connectivity index (χ3v) is 3.97. The molecular formula is C16H14BrNO5S. The second-order valence-corrected chi connectivity index (χ2v) is 6.20. The van der Waals surface area contributed by atoms with Crippen molar-refractivity contribution in [1.29, 1.82) is 0 Å². The van der Waals surface area contributed by atoms with Crippen molar-refractivity contribution < 1.29 is 25.5 Å². The molecule has 2 rings (SSSR count). The first-order valence-electron chi connectivity index (χ1n) is 6.69. The minimum Gasteiger partial charge on any atom is -0.504 e. The molecule has 0 radical (unpaired) electrons. The number of hydrogen-bond donors (Lipinski definition) is 6. The lowest BCUT2D eigenvalue weighted by Gasteiger charge is -2.08. The van der Waals surface area contributed by atoms with Gasteiger partial charge in [0.25, 0.3) is 0 Å². The van der Waals surface area contributed by atoms with Gasteiger partial charge in [-0.25, -0.2) is 0 Å². The fourth-order valence-corrected chi connectivity index (χ4v) is 2.49. The molecule has 0 saturated heterocycles. The van der Waals surface area contributed by atoms with Gasteiger partial charge in [0.1, 0.15) is 0 Å². The van der Waals surface area contributed by atoms with Gasteiger partial charge in [-0.05, 0) is 57.4 Å². The minimum atomic E-state index is -0.570. The zero-order valence-electron chi connectivity index (χ0n) is 12.2. The summed E-state index contributed by atoms with van der Waals surface area (Å²) in [5.41, 5.74) is 1.16. The van der Waals surface area contributed by atoms with E-state index < -0.39 is 17.2 Å². The van der Waals surface area contributed by atoms with Gasteiger partial charge in [-0.15, -0.1) is 0 Å². The first-order chi connectivity index (χ1) is 11.3. The van der Waals surface area contributed by atoms with Gasteiger partial charge in [0.05, 0.1) is 9.46 Å². The summed E-state index contributed by atoms with van der Waals surface area (Å²) in [6.07, 6.45) is 3.23. The lowest BCUT2D eigenvalue weighted by atomic mass is 10.1. The van der Waals surface area contributed by atoms with Crippen molar-refractivity contribution in [1.82, 2.24) is 5.32 Å². The number of thiocarbonyl (C=S) groups is 1. The molecule has 0 bridgehead atoms. The highest BCUT2D eigenvalue weighted by Crippen LogP contribution is 2.35. The third kappa shape index (κ3) is 4.30. The van der Waals surface area contributed by atoms with Crippen LogP contribution in [-0.4, -0.2) is 30.5 Å². The molecule has 6 N–H and O–H groups in total. The molecule has 0 heterocycles. The summed E-state index contributed by atoms with van der Waals surface area (Å²) in [7, 11) is 0. The van der Waals surface area contributed by atoms with E-state index in [9.17, 15) is 25.5 Å². The zero-order chi connectivity index (χ0) is 17.9. The van der Waals surface area contributed by atoms with E-state index in [1.165, 1.54) is 18.2 Å². The number of halogens is 1. The summed E-state index contributed by atoms with van der Waals surface area (Å²) in [6, 6.07) is 5.62. The number of nitrogens with one attached hydrogen (secondary N) is 1. The van der Waals surface area contributed by atoms with Crippen LogP contribution >= 0.6 is 28.1 Å². The molecule has 0 fully saturated rings. The number of hydrogen-bond acceptors (Lipinski definition) is 6. The number of aromatic hydroxyl groups is 5. The van der Waals surface area contributed by atoms with Crippen LogP contribution in [0.15, 0.2) is 34.8 Å². The Kier molecular flexibility index (Phi) is 5.53. The fraction of sp³-hybridized carbons (Fsp3) is 0.0625. The van der Waals surface area contributed by atoms with Crippen molar-refractivity contribution in [3.05, 3.63) is 45.9 Å². The lowest BCUT2D eigenvalue weighted by Crippen LogP contribution is -2.18. The number of benzene rings is 2. The molecule has 0 aromatic heterocycles. The summed E-state index contributed by atoms with van der Waals surface area (Å²) in [4.78, 5) is 0.380. The van der Waals surface area contributed by atoms with Crippen LogP contribution in [0.1, 0.15) is 11.1 Å². The van der Waals surface area contributed by atoms with E-state index in [1.54, 1.807) is 18.2 Å². The van der Waals surface area contributed by atoms with E-state index in [4.69, 9.17) is 12.2 Å². The van der Waals surface area contributed by atoms with Crippen LogP contribution < -0.4 is 5.32 Å². The van der Waals surface area contributed by atoms with Crippen LogP contribution in [0.4, 0.5) is 0 Å². The van der Waals surface area contributed by atoms with Crippen molar-refractivity contribution in [3.8, 4) is 28.7 Å². The summed E-state index contributed by atoms with van der Waals surface area (Å²) in [6.45, 7) is 0.231. The molecule has 0 aliphatic carbocycles.